The van der Waals surface area contributed by atoms with Gasteiger partial charge in [0.2, 0.25) is 0 Å². The summed E-state index contributed by atoms with van der Waals surface area (Å²) in [6, 6.07) is 8.53. The first-order valence-corrected chi connectivity index (χ1v) is 3.65. The van der Waals surface area contributed by atoms with Gasteiger partial charge in [-0.15, -0.1) is 12.4 Å². The normalized spacial score (nSPS) is 9.17. The standard InChI is InChI=1S/C7H6.C2H7N.ClH.H3N/c1-2-4-7-5-6(7)3-1;1-2-3;;/h1-4H,5H2;2-3H2,1H3;1H;1H3. The highest BCUT2D eigenvalue weighted by Crippen LogP contribution is 2.25. The molecule has 0 atom stereocenters. The Kier molecular flexibility index (Phi) is 8.27. The summed E-state index contributed by atoms with van der Waals surface area (Å²) in [5.41, 5.74) is 7.91. The summed E-state index contributed by atoms with van der Waals surface area (Å²) in [7, 11) is 0. The van der Waals surface area contributed by atoms with Gasteiger partial charge in [0.25, 0.3) is 0 Å². The molecule has 70 valence electrons. The molecule has 1 aromatic carbocycles. The molecule has 0 aromatic heterocycles. The summed E-state index contributed by atoms with van der Waals surface area (Å²) >= 11 is 0. The molecule has 0 spiro atoms. The maximum Gasteiger partial charge on any atom is -0.00201 e. The second-order valence-electron chi connectivity index (χ2n) is 2.35. The summed E-state index contributed by atoms with van der Waals surface area (Å²) in [5, 5.41) is 0. The third-order valence-electron chi connectivity index (χ3n) is 1.37. The summed E-state index contributed by atoms with van der Waals surface area (Å²) in [5.74, 6) is 0. The summed E-state index contributed by atoms with van der Waals surface area (Å²) in [6.45, 7) is 2.65. The van der Waals surface area contributed by atoms with Crippen molar-refractivity contribution in [2.24, 2.45) is 5.73 Å². The van der Waals surface area contributed by atoms with Crippen LogP contribution >= 0.6 is 12.4 Å². The van der Waals surface area contributed by atoms with Gasteiger partial charge in [-0.05, 0) is 24.1 Å². The van der Waals surface area contributed by atoms with Crippen LogP contribution in [-0.2, 0) is 6.42 Å². The van der Waals surface area contributed by atoms with Crippen molar-refractivity contribution in [1.29, 1.82) is 0 Å². The van der Waals surface area contributed by atoms with Gasteiger partial charge in [-0.1, -0.05) is 31.2 Å². The molecule has 1 aliphatic rings. The molecule has 2 rings (SSSR count). The Morgan fingerprint density at radius 3 is 1.83 bits per heavy atom. The SMILES string of the molecule is CCN.Cl.N.c1ccc2c(c1)C2. The molecule has 1 aromatic rings. The Balaban J connectivity index is 0. The van der Waals surface area contributed by atoms with E-state index in [-0.39, 0.29) is 18.6 Å². The Morgan fingerprint density at radius 1 is 1.25 bits per heavy atom. The molecule has 3 heteroatoms. The van der Waals surface area contributed by atoms with Gasteiger partial charge in [0, 0.05) is 0 Å². The van der Waals surface area contributed by atoms with Gasteiger partial charge in [-0.2, -0.15) is 0 Å². The molecule has 0 unspecified atom stereocenters. The minimum absolute atomic E-state index is 0. The lowest BCUT2D eigenvalue weighted by Crippen LogP contribution is -1.87. The van der Waals surface area contributed by atoms with Crippen LogP contribution in [0, 0.1) is 0 Å². The van der Waals surface area contributed by atoms with Gasteiger partial charge in [-0.3, -0.25) is 0 Å². The molecule has 0 bridgehead atoms. The molecule has 12 heavy (non-hydrogen) atoms. The van der Waals surface area contributed by atoms with Crippen molar-refractivity contribution in [3.05, 3.63) is 35.4 Å². The van der Waals surface area contributed by atoms with E-state index in [4.69, 9.17) is 5.73 Å². The van der Waals surface area contributed by atoms with Crippen molar-refractivity contribution in [2.45, 2.75) is 13.3 Å². The summed E-state index contributed by atoms with van der Waals surface area (Å²) in [6.07, 6.45) is 1.24. The first kappa shape index (κ1) is 14.0. The lowest BCUT2D eigenvalue weighted by Gasteiger charge is -1.69. The van der Waals surface area contributed by atoms with Crippen molar-refractivity contribution < 1.29 is 0 Å². The molecule has 0 fully saturated rings. The number of benzene rings is 1. The molecule has 2 nitrogen and oxygen atoms in total. The predicted molar refractivity (Wildman–Crippen MR) is 56.2 cm³/mol. The van der Waals surface area contributed by atoms with Gasteiger partial charge >= 0.3 is 0 Å². The van der Waals surface area contributed by atoms with Crippen LogP contribution in [0.25, 0.3) is 0 Å². The van der Waals surface area contributed by atoms with Gasteiger partial charge < -0.3 is 11.9 Å². The van der Waals surface area contributed by atoms with Crippen LogP contribution in [0.15, 0.2) is 24.3 Å². The molecule has 0 radical (unpaired) electrons. The molecule has 0 saturated heterocycles. The average Bonchev–Trinajstić information content (AvgIpc) is 2.66. The second kappa shape index (κ2) is 7.10. The molecule has 5 N–H and O–H groups in total. The number of fused-ring (bicyclic) bond motifs is 1. The Morgan fingerprint density at radius 2 is 1.58 bits per heavy atom. The second-order valence-corrected chi connectivity index (χ2v) is 2.35. The maximum atomic E-state index is 4.85. The van der Waals surface area contributed by atoms with Crippen LogP contribution in [0.1, 0.15) is 18.1 Å². The highest BCUT2D eigenvalue weighted by molar-refractivity contribution is 5.85. The number of hydrogen-bond donors (Lipinski definition) is 2. The van der Waals surface area contributed by atoms with Crippen LogP contribution in [-0.4, -0.2) is 6.54 Å². The zero-order valence-electron chi connectivity index (χ0n) is 7.42. The number of nitrogens with two attached hydrogens (primary N) is 1. The third-order valence-corrected chi connectivity index (χ3v) is 1.37. The van der Waals surface area contributed by atoms with E-state index in [0.717, 1.165) is 6.54 Å². The molecule has 0 heterocycles. The smallest absolute Gasteiger partial charge is 0.00201 e. The van der Waals surface area contributed by atoms with Gasteiger partial charge in [0.1, 0.15) is 0 Å². The fourth-order valence-corrected chi connectivity index (χ4v) is 0.836. The number of rotatable bonds is 0. The van der Waals surface area contributed by atoms with E-state index < -0.39 is 0 Å². The highest BCUT2D eigenvalue weighted by Gasteiger charge is 2.12. The lowest BCUT2D eigenvalue weighted by molar-refractivity contribution is 1.14. The molecular formula is C9H17ClN2. The minimum atomic E-state index is 0. The molecule has 0 amide bonds. The monoisotopic (exact) mass is 188 g/mol. The van der Waals surface area contributed by atoms with Crippen LogP contribution in [0.4, 0.5) is 0 Å². The van der Waals surface area contributed by atoms with E-state index >= 15 is 0 Å². The molecule has 0 saturated carbocycles. The van der Waals surface area contributed by atoms with Gasteiger partial charge in [0.15, 0.2) is 0 Å². The van der Waals surface area contributed by atoms with Crippen molar-refractivity contribution >= 4 is 12.4 Å². The topological polar surface area (TPSA) is 61.0 Å². The quantitative estimate of drug-likeness (QED) is 0.666. The van der Waals surface area contributed by atoms with E-state index in [1.54, 1.807) is 0 Å². The van der Waals surface area contributed by atoms with E-state index in [0.29, 0.717) is 0 Å². The number of halogens is 1. The highest BCUT2D eigenvalue weighted by atomic mass is 35.5. The van der Waals surface area contributed by atoms with E-state index in [1.165, 1.54) is 17.5 Å². The van der Waals surface area contributed by atoms with E-state index in [1.807, 2.05) is 6.92 Å². The van der Waals surface area contributed by atoms with Gasteiger partial charge in [-0.25, -0.2) is 0 Å². The summed E-state index contributed by atoms with van der Waals surface area (Å²) in [4.78, 5) is 0. The largest absolute Gasteiger partial charge is 0.344 e. The summed E-state index contributed by atoms with van der Waals surface area (Å²) < 4.78 is 0. The Hall–Kier alpha value is -0.570. The lowest BCUT2D eigenvalue weighted by atomic mass is 10.4. The first-order chi connectivity index (χ1) is 4.88. The fourth-order valence-electron chi connectivity index (χ4n) is 0.836. The minimum Gasteiger partial charge on any atom is -0.344 e. The van der Waals surface area contributed by atoms with Crippen LogP contribution < -0.4 is 11.9 Å². The van der Waals surface area contributed by atoms with Crippen LogP contribution in [0.3, 0.4) is 0 Å². The van der Waals surface area contributed by atoms with Crippen molar-refractivity contribution in [1.82, 2.24) is 6.15 Å². The van der Waals surface area contributed by atoms with Crippen LogP contribution in [0.5, 0.6) is 0 Å². The Bertz CT molecular complexity index is 192. The zero-order valence-corrected chi connectivity index (χ0v) is 8.23. The van der Waals surface area contributed by atoms with Gasteiger partial charge in [0.05, 0.1) is 0 Å². The van der Waals surface area contributed by atoms with Crippen molar-refractivity contribution in [2.75, 3.05) is 6.54 Å². The predicted octanol–water partition coefficient (Wildman–Crippen LogP) is 2.14. The zero-order chi connectivity index (χ0) is 7.40. The van der Waals surface area contributed by atoms with E-state index in [2.05, 4.69) is 24.3 Å². The fraction of sp³-hybridized carbons (Fsp3) is 0.333. The molecule has 0 aliphatic heterocycles. The third kappa shape index (κ3) is 4.34. The van der Waals surface area contributed by atoms with Crippen molar-refractivity contribution in [3.8, 4) is 0 Å². The van der Waals surface area contributed by atoms with E-state index in [9.17, 15) is 0 Å². The van der Waals surface area contributed by atoms with Crippen LogP contribution in [0.2, 0.25) is 0 Å². The molecule has 1 aliphatic carbocycles. The van der Waals surface area contributed by atoms with Crippen molar-refractivity contribution in [3.63, 3.8) is 0 Å². The maximum absolute atomic E-state index is 4.85. The number of hydrogen-bond acceptors (Lipinski definition) is 2. The first-order valence-electron chi connectivity index (χ1n) is 3.65. The average molecular weight is 189 g/mol. The molecular weight excluding hydrogens is 172 g/mol. The Labute approximate surface area is 80.2 Å².